The van der Waals surface area contributed by atoms with Crippen molar-refractivity contribution in [1.29, 1.82) is 0 Å². The average Bonchev–Trinajstić information content (AvgIpc) is 2.76. The quantitative estimate of drug-likeness (QED) is 0.0873. The Morgan fingerprint density at radius 3 is 1.79 bits per heavy atom. The number of carbonyl (C=O) groups is 7. The maximum absolute atomic E-state index is 12.3. The highest BCUT2D eigenvalue weighted by Crippen LogP contribution is 2.01. The van der Waals surface area contributed by atoms with Crippen LogP contribution in [0.5, 0.6) is 0 Å². The van der Waals surface area contributed by atoms with Crippen LogP contribution in [0.15, 0.2) is 0 Å². The first-order valence-electron chi connectivity index (χ1n) is 9.63. The second-order valence-electron chi connectivity index (χ2n) is 6.80. The zero-order valence-corrected chi connectivity index (χ0v) is 19.5. The summed E-state index contributed by atoms with van der Waals surface area (Å²) < 4.78 is 0. The lowest BCUT2D eigenvalue weighted by Gasteiger charge is -2.21. The van der Waals surface area contributed by atoms with Gasteiger partial charge in [-0.15, -0.1) is 0 Å². The van der Waals surface area contributed by atoms with Crippen LogP contribution < -0.4 is 27.0 Å². The summed E-state index contributed by atoms with van der Waals surface area (Å²) in [6.45, 7) is -0.720. The zero-order valence-electron chi connectivity index (χ0n) is 17.7. The zero-order chi connectivity index (χ0) is 26.4. The normalized spacial score (nSPS) is 14.0. The Labute approximate surface area is 204 Å². The van der Waals surface area contributed by atoms with Gasteiger partial charge in [0.2, 0.25) is 23.6 Å². The average molecular weight is 526 g/mol. The number of aliphatic carboxylic acids is 3. The summed E-state index contributed by atoms with van der Waals surface area (Å²) in [6.07, 6.45) is -1.98. The molecule has 4 atom stereocenters. The van der Waals surface area contributed by atoms with Crippen molar-refractivity contribution in [2.75, 3.05) is 18.1 Å². The minimum Gasteiger partial charge on any atom is -0.481 e. The molecule has 0 spiro atoms. The predicted molar refractivity (Wildman–Crippen MR) is 121 cm³/mol. The van der Waals surface area contributed by atoms with Gasteiger partial charge in [-0.2, -0.15) is 25.3 Å². The fourth-order valence-corrected chi connectivity index (χ4v) is 2.70. The molecule has 4 amide bonds. The lowest BCUT2D eigenvalue weighted by atomic mass is 10.1. The van der Waals surface area contributed by atoms with Crippen molar-refractivity contribution in [3.05, 3.63) is 0 Å². The van der Waals surface area contributed by atoms with Crippen LogP contribution in [0.4, 0.5) is 0 Å². The Bertz CT molecular complexity index is 797. The van der Waals surface area contributed by atoms with Crippen LogP contribution in [0.3, 0.4) is 0 Å². The second-order valence-corrected chi connectivity index (χ2v) is 7.53. The highest BCUT2D eigenvalue weighted by atomic mass is 32.1. The van der Waals surface area contributed by atoms with Gasteiger partial charge in [-0.1, -0.05) is 0 Å². The molecule has 17 heteroatoms. The van der Waals surface area contributed by atoms with E-state index in [-0.39, 0.29) is 11.5 Å². The summed E-state index contributed by atoms with van der Waals surface area (Å²) in [5, 5.41) is 35.2. The number of hydrogen-bond acceptors (Lipinski definition) is 10. The van der Waals surface area contributed by atoms with E-state index >= 15 is 0 Å². The number of carbonyl (C=O) groups excluding carboxylic acids is 4. The molecule has 0 fully saturated rings. The fourth-order valence-electron chi connectivity index (χ4n) is 2.27. The summed E-state index contributed by atoms with van der Waals surface area (Å²) in [6, 6.07) is -5.50. The van der Waals surface area contributed by atoms with E-state index in [1.165, 1.54) is 0 Å². The van der Waals surface area contributed by atoms with E-state index in [2.05, 4.69) is 35.9 Å². The van der Waals surface area contributed by atoms with Crippen LogP contribution in [0.2, 0.25) is 0 Å². The number of nitrogens with one attached hydrogen (secondary N) is 4. The van der Waals surface area contributed by atoms with Crippen molar-refractivity contribution in [3.8, 4) is 0 Å². The van der Waals surface area contributed by atoms with Gasteiger partial charge >= 0.3 is 17.9 Å². The second kappa shape index (κ2) is 15.7. The highest BCUT2D eigenvalue weighted by Gasteiger charge is 2.29. The van der Waals surface area contributed by atoms with Gasteiger partial charge in [0.1, 0.15) is 18.1 Å². The minimum absolute atomic E-state index is 0.0151. The van der Waals surface area contributed by atoms with E-state index in [0.29, 0.717) is 0 Å². The molecule has 0 rings (SSSR count). The Hall–Kier alpha value is -3.05. The smallest absolute Gasteiger partial charge is 0.326 e. The Balaban J connectivity index is 5.05. The lowest BCUT2D eigenvalue weighted by molar-refractivity contribution is -0.144. The number of nitrogens with two attached hydrogens (primary N) is 1. The van der Waals surface area contributed by atoms with Gasteiger partial charge in [-0.25, -0.2) is 4.79 Å². The van der Waals surface area contributed by atoms with Crippen molar-refractivity contribution < 1.29 is 48.9 Å². The molecule has 0 aliphatic heterocycles. The molecule has 192 valence electrons. The maximum atomic E-state index is 12.3. The number of carboxylic acids is 3. The van der Waals surface area contributed by atoms with Crippen molar-refractivity contribution in [1.82, 2.24) is 21.3 Å². The molecular formula is C17H27N5O10S2. The van der Waals surface area contributed by atoms with Crippen molar-refractivity contribution >= 4 is 66.8 Å². The molecule has 9 N–H and O–H groups in total. The van der Waals surface area contributed by atoms with E-state index in [1.54, 1.807) is 0 Å². The van der Waals surface area contributed by atoms with E-state index in [9.17, 15) is 33.6 Å². The molecule has 0 saturated heterocycles. The molecule has 0 aromatic rings. The standard InChI is InChI=1S/C17H27N5O10S2/c18-7(5-33)14(28)22-10(6-34)15(29)19-4-11(23)20-9(3-13(26)27)16(30)21-8(17(31)32)1-2-12(24)25/h7-10,33-34H,1-6,18H2,(H,19,29)(H,20,23)(H,21,30)(H,22,28)(H,24,25)(H,26,27)(H,31,32)/t7-,8-,9-,10-/m0/s1. The molecule has 0 aliphatic rings. The summed E-state index contributed by atoms with van der Waals surface area (Å²) in [5.41, 5.74) is 5.49. The summed E-state index contributed by atoms with van der Waals surface area (Å²) in [7, 11) is 0. The SMILES string of the molecule is N[C@@H](CS)C(=O)N[C@@H](CS)C(=O)NCC(=O)N[C@@H](CC(=O)O)C(=O)N[C@@H](CCC(=O)O)C(=O)O. The number of rotatable bonds is 16. The van der Waals surface area contributed by atoms with Crippen LogP contribution in [-0.2, 0) is 33.6 Å². The third-order valence-corrected chi connectivity index (χ3v) is 4.82. The molecule has 0 aromatic heterocycles. The summed E-state index contributed by atoms with van der Waals surface area (Å²) >= 11 is 7.79. The van der Waals surface area contributed by atoms with Crippen LogP contribution in [0, 0.1) is 0 Å². The van der Waals surface area contributed by atoms with Crippen molar-refractivity contribution in [3.63, 3.8) is 0 Å². The van der Waals surface area contributed by atoms with Crippen LogP contribution in [0.1, 0.15) is 19.3 Å². The van der Waals surface area contributed by atoms with Gasteiger partial charge < -0.3 is 42.3 Å². The maximum Gasteiger partial charge on any atom is 0.326 e. The Morgan fingerprint density at radius 1 is 0.735 bits per heavy atom. The van der Waals surface area contributed by atoms with Gasteiger partial charge in [0.25, 0.3) is 0 Å². The van der Waals surface area contributed by atoms with Crippen LogP contribution in [0.25, 0.3) is 0 Å². The van der Waals surface area contributed by atoms with E-state index < -0.39 is 91.5 Å². The fraction of sp³-hybridized carbons (Fsp3) is 0.588. The largest absolute Gasteiger partial charge is 0.481 e. The Kier molecular flexibility index (Phi) is 14.3. The van der Waals surface area contributed by atoms with Crippen molar-refractivity contribution in [2.24, 2.45) is 5.73 Å². The van der Waals surface area contributed by atoms with Gasteiger partial charge in [0.15, 0.2) is 0 Å². The molecule has 15 nitrogen and oxygen atoms in total. The lowest BCUT2D eigenvalue weighted by Crippen LogP contribution is -2.56. The minimum atomic E-state index is -1.72. The Morgan fingerprint density at radius 2 is 1.32 bits per heavy atom. The van der Waals surface area contributed by atoms with Gasteiger partial charge in [-0.05, 0) is 6.42 Å². The molecule has 0 unspecified atom stereocenters. The highest BCUT2D eigenvalue weighted by molar-refractivity contribution is 7.80. The molecule has 0 radical (unpaired) electrons. The van der Waals surface area contributed by atoms with Gasteiger partial charge in [0.05, 0.1) is 19.0 Å². The van der Waals surface area contributed by atoms with E-state index in [0.717, 1.165) is 0 Å². The summed E-state index contributed by atoms with van der Waals surface area (Å²) in [4.78, 5) is 81.3. The monoisotopic (exact) mass is 525 g/mol. The van der Waals surface area contributed by atoms with Crippen LogP contribution in [-0.4, -0.2) is 99.1 Å². The van der Waals surface area contributed by atoms with E-state index in [1.807, 2.05) is 10.6 Å². The van der Waals surface area contributed by atoms with Gasteiger partial charge in [0, 0.05) is 17.9 Å². The molecule has 0 saturated carbocycles. The number of thiol groups is 2. The number of carboxylic acid groups (broad SMARTS) is 3. The molecule has 0 aromatic carbocycles. The number of amides is 4. The molecule has 0 bridgehead atoms. The van der Waals surface area contributed by atoms with Gasteiger partial charge in [-0.3, -0.25) is 28.8 Å². The summed E-state index contributed by atoms with van der Waals surface area (Å²) in [5.74, 6) is -8.16. The third-order valence-electron chi connectivity index (χ3n) is 4.06. The molecule has 34 heavy (non-hydrogen) atoms. The van der Waals surface area contributed by atoms with Crippen molar-refractivity contribution in [2.45, 2.75) is 43.4 Å². The van der Waals surface area contributed by atoms with Crippen LogP contribution >= 0.6 is 25.3 Å². The molecule has 0 heterocycles. The number of hydrogen-bond donors (Lipinski definition) is 10. The third kappa shape index (κ3) is 12.3. The predicted octanol–water partition coefficient (Wildman–Crippen LogP) is -3.83. The molecular weight excluding hydrogens is 498 g/mol. The first kappa shape index (κ1) is 30.9. The van der Waals surface area contributed by atoms with E-state index in [4.69, 9.17) is 21.1 Å². The molecule has 0 aliphatic carbocycles. The first-order chi connectivity index (χ1) is 15.8. The topological polar surface area (TPSA) is 254 Å². The first-order valence-corrected chi connectivity index (χ1v) is 10.9.